The van der Waals surface area contributed by atoms with Crippen molar-refractivity contribution in [1.29, 1.82) is 0 Å². The molecule has 1 aliphatic heterocycles. The molecule has 0 fully saturated rings. The van der Waals surface area contributed by atoms with Gasteiger partial charge in [-0.3, -0.25) is 4.79 Å². The summed E-state index contributed by atoms with van der Waals surface area (Å²) in [7, 11) is 4.95. The Balaban J connectivity index is 1.97. The standard InChI is InChI=1S/C25H34N2O4/c1-7-27-13-12-18-14-21(30-5)22(31-6)15-20(18)24(27)23(16(2)3)26-25(28)17-8-10-19(29-4)11-9-17/h8-11,14-16,23-24H,7,12-13H2,1-6H3,(H,26,28)/p+1/t23-,24+/m1/s1. The lowest BCUT2D eigenvalue weighted by atomic mass is 9.83. The molecule has 3 atom stereocenters. The van der Waals surface area contributed by atoms with Crippen LogP contribution >= 0.6 is 0 Å². The first kappa shape index (κ1) is 22.9. The maximum Gasteiger partial charge on any atom is 0.251 e. The van der Waals surface area contributed by atoms with Crippen LogP contribution in [0.25, 0.3) is 0 Å². The summed E-state index contributed by atoms with van der Waals surface area (Å²) in [5.74, 6) is 2.41. The highest BCUT2D eigenvalue weighted by Gasteiger charge is 2.39. The van der Waals surface area contributed by atoms with Gasteiger partial charge in [-0.05, 0) is 54.8 Å². The van der Waals surface area contributed by atoms with Crippen LogP contribution in [-0.4, -0.2) is 46.4 Å². The molecule has 0 radical (unpaired) electrons. The molecule has 2 aromatic carbocycles. The van der Waals surface area contributed by atoms with E-state index in [1.807, 2.05) is 12.1 Å². The summed E-state index contributed by atoms with van der Waals surface area (Å²) in [4.78, 5) is 14.6. The maximum absolute atomic E-state index is 13.1. The smallest absolute Gasteiger partial charge is 0.251 e. The van der Waals surface area contributed by atoms with Crippen LogP contribution in [0.1, 0.15) is 48.3 Å². The summed E-state index contributed by atoms with van der Waals surface area (Å²) in [6, 6.07) is 11.5. The van der Waals surface area contributed by atoms with Crippen LogP contribution in [-0.2, 0) is 6.42 Å². The number of ether oxygens (including phenoxy) is 3. The summed E-state index contributed by atoms with van der Waals surface area (Å²) in [6.07, 6.45) is 0.979. The number of amides is 1. The minimum atomic E-state index is -0.0654. The SMILES string of the molecule is CC[NH+]1CCc2cc(OC)c(OC)cc2[C@H]1[C@H](NC(=O)c1ccc(OC)cc1)C(C)C. The number of rotatable bonds is 8. The van der Waals surface area contributed by atoms with Crippen LogP contribution < -0.4 is 24.4 Å². The second kappa shape index (κ2) is 10.1. The van der Waals surface area contributed by atoms with Gasteiger partial charge in [-0.1, -0.05) is 13.8 Å². The quantitative estimate of drug-likeness (QED) is 0.680. The lowest BCUT2D eigenvalue weighted by Crippen LogP contribution is -3.14. The van der Waals surface area contributed by atoms with Gasteiger partial charge in [-0.25, -0.2) is 0 Å². The average Bonchev–Trinajstić information content (AvgIpc) is 2.80. The molecule has 2 N–H and O–H groups in total. The number of likely N-dealkylation sites (N-methyl/N-ethyl adjacent to an activating group) is 1. The van der Waals surface area contributed by atoms with Crippen molar-refractivity contribution in [3.63, 3.8) is 0 Å². The molecule has 31 heavy (non-hydrogen) atoms. The summed E-state index contributed by atoms with van der Waals surface area (Å²) in [5, 5.41) is 3.34. The minimum Gasteiger partial charge on any atom is -0.497 e. The number of quaternary nitrogens is 1. The van der Waals surface area contributed by atoms with E-state index in [-0.39, 0.29) is 23.9 Å². The second-order valence-corrected chi connectivity index (χ2v) is 8.37. The highest BCUT2D eigenvalue weighted by Crippen LogP contribution is 2.36. The molecular formula is C25H35N2O4+. The van der Waals surface area contributed by atoms with Crippen LogP contribution in [0.2, 0.25) is 0 Å². The Morgan fingerprint density at radius 2 is 1.71 bits per heavy atom. The molecule has 0 spiro atoms. The van der Waals surface area contributed by atoms with Crippen molar-refractivity contribution in [2.24, 2.45) is 5.92 Å². The van der Waals surface area contributed by atoms with E-state index in [4.69, 9.17) is 14.2 Å². The van der Waals surface area contributed by atoms with E-state index < -0.39 is 0 Å². The van der Waals surface area contributed by atoms with E-state index in [0.717, 1.165) is 36.8 Å². The summed E-state index contributed by atoms with van der Waals surface area (Å²) >= 11 is 0. The Morgan fingerprint density at radius 3 is 2.26 bits per heavy atom. The minimum absolute atomic E-state index is 0.0262. The number of fused-ring (bicyclic) bond motifs is 1. The predicted molar refractivity (Wildman–Crippen MR) is 121 cm³/mol. The number of methoxy groups -OCH3 is 3. The highest BCUT2D eigenvalue weighted by atomic mass is 16.5. The lowest BCUT2D eigenvalue weighted by molar-refractivity contribution is -0.934. The van der Waals surface area contributed by atoms with E-state index in [0.29, 0.717) is 5.56 Å². The second-order valence-electron chi connectivity index (χ2n) is 8.37. The molecule has 1 aliphatic rings. The molecule has 0 aromatic heterocycles. The molecular weight excluding hydrogens is 392 g/mol. The number of nitrogens with one attached hydrogen (secondary N) is 2. The summed E-state index contributed by atoms with van der Waals surface area (Å²) < 4.78 is 16.3. The van der Waals surface area contributed by atoms with E-state index in [9.17, 15) is 4.79 Å². The molecule has 0 saturated carbocycles. The van der Waals surface area contributed by atoms with Crippen molar-refractivity contribution in [3.8, 4) is 17.2 Å². The third kappa shape index (κ3) is 4.79. The first-order chi connectivity index (χ1) is 14.9. The zero-order valence-electron chi connectivity index (χ0n) is 19.5. The van der Waals surface area contributed by atoms with Gasteiger partial charge in [0.25, 0.3) is 5.91 Å². The van der Waals surface area contributed by atoms with Crippen molar-refractivity contribution in [1.82, 2.24) is 5.32 Å². The molecule has 6 heteroatoms. The van der Waals surface area contributed by atoms with Gasteiger partial charge in [0.15, 0.2) is 11.5 Å². The largest absolute Gasteiger partial charge is 0.497 e. The van der Waals surface area contributed by atoms with E-state index in [1.165, 1.54) is 16.0 Å². The first-order valence-corrected chi connectivity index (χ1v) is 11.0. The molecule has 3 rings (SSSR count). The van der Waals surface area contributed by atoms with Gasteiger partial charge in [-0.15, -0.1) is 0 Å². The molecule has 0 bridgehead atoms. The molecule has 2 aromatic rings. The fraction of sp³-hybridized carbons (Fsp3) is 0.480. The predicted octanol–water partition coefficient (Wildman–Crippen LogP) is 2.67. The number of hydrogen-bond acceptors (Lipinski definition) is 4. The lowest BCUT2D eigenvalue weighted by Gasteiger charge is -2.40. The molecule has 168 valence electrons. The molecule has 1 unspecified atom stereocenters. The van der Waals surface area contributed by atoms with Crippen LogP contribution in [0.4, 0.5) is 0 Å². The molecule has 1 amide bonds. The van der Waals surface area contributed by atoms with Gasteiger partial charge in [0.2, 0.25) is 0 Å². The normalized spacial score (nSPS) is 18.8. The van der Waals surface area contributed by atoms with Crippen molar-refractivity contribution in [3.05, 3.63) is 53.1 Å². The third-order valence-corrected chi connectivity index (χ3v) is 6.32. The Hall–Kier alpha value is -2.73. The van der Waals surface area contributed by atoms with E-state index >= 15 is 0 Å². The average molecular weight is 428 g/mol. The molecule has 0 saturated heterocycles. The van der Waals surface area contributed by atoms with Crippen molar-refractivity contribution in [2.45, 2.75) is 39.3 Å². The zero-order chi connectivity index (χ0) is 22.5. The van der Waals surface area contributed by atoms with Crippen molar-refractivity contribution >= 4 is 5.91 Å². The van der Waals surface area contributed by atoms with Gasteiger partial charge in [0, 0.05) is 17.5 Å². The van der Waals surface area contributed by atoms with E-state index in [2.05, 4.69) is 38.2 Å². The van der Waals surface area contributed by atoms with Gasteiger partial charge < -0.3 is 24.4 Å². The number of carbonyl (C=O) groups excluding carboxylic acids is 1. The highest BCUT2D eigenvalue weighted by molar-refractivity contribution is 5.94. The molecule has 1 heterocycles. The van der Waals surface area contributed by atoms with Crippen LogP contribution in [0, 0.1) is 5.92 Å². The Labute approximate surface area is 185 Å². The van der Waals surface area contributed by atoms with Gasteiger partial charge >= 0.3 is 0 Å². The summed E-state index contributed by atoms with van der Waals surface area (Å²) in [5.41, 5.74) is 3.13. The Morgan fingerprint density at radius 1 is 1.06 bits per heavy atom. The van der Waals surface area contributed by atoms with Gasteiger partial charge in [0.1, 0.15) is 11.8 Å². The van der Waals surface area contributed by atoms with Crippen molar-refractivity contribution in [2.75, 3.05) is 34.4 Å². The Bertz CT molecular complexity index is 895. The van der Waals surface area contributed by atoms with Crippen LogP contribution in [0.15, 0.2) is 36.4 Å². The number of benzene rings is 2. The third-order valence-electron chi connectivity index (χ3n) is 6.32. The number of carbonyl (C=O) groups is 1. The number of hydrogen-bond donors (Lipinski definition) is 2. The van der Waals surface area contributed by atoms with Crippen LogP contribution in [0.3, 0.4) is 0 Å². The first-order valence-electron chi connectivity index (χ1n) is 11.0. The van der Waals surface area contributed by atoms with E-state index in [1.54, 1.807) is 33.5 Å². The van der Waals surface area contributed by atoms with Crippen LogP contribution in [0.5, 0.6) is 17.2 Å². The summed E-state index contributed by atoms with van der Waals surface area (Å²) in [6.45, 7) is 8.55. The van der Waals surface area contributed by atoms with Gasteiger partial charge in [0.05, 0.1) is 40.5 Å². The Kier molecular flexibility index (Phi) is 7.44. The van der Waals surface area contributed by atoms with Gasteiger partial charge in [-0.2, -0.15) is 0 Å². The molecule has 0 aliphatic carbocycles. The maximum atomic E-state index is 13.1. The monoisotopic (exact) mass is 427 g/mol. The molecule has 6 nitrogen and oxygen atoms in total. The zero-order valence-corrected chi connectivity index (χ0v) is 19.5. The topological polar surface area (TPSA) is 61.2 Å². The fourth-order valence-electron chi connectivity index (χ4n) is 4.57. The van der Waals surface area contributed by atoms with Crippen molar-refractivity contribution < 1.29 is 23.9 Å². The fourth-order valence-corrected chi connectivity index (χ4v) is 4.57.